The number of benzene rings is 1. The smallest absolute Gasteiger partial charge is 0.307 e. The summed E-state index contributed by atoms with van der Waals surface area (Å²) in [6, 6.07) is 7.27. The van der Waals surface area contributed by atoms with Gasteiger partial charge in [0.25, 0.3) is 0 Å². The predicted octanol–water partition coefficient (Wildman–Crippen LogP) is 2.22. The zero-order valence-electron chi connectivity index (χ0n) is 9.50. The average molecular weight is 325 g/mol. The number of nitrogens with one attached hydrogen (secondary N) is 1. The Labute approximate surface area is 116 Å². The van der Waals surface area contributed by atoms with Crippen LogP contribution in [0, 0.1) is 0 Å². The Hall–Kier alpha value is -2.28. The topological polar surface area (TPSA) is 95.1 Å². The predicted molar refractivity (Wildman–Crippen MR) is 71.2 cm³/mol. The van der Waals surface area contributed by atoms with Crippen LogP contribution in [0.2, 0.25) is 0 Å². The fourth-order valence-electron chi connectivity index (χ4n) is 1.28. The first-order valence-electron chi connectivity index (χ1n) is 5.17. The fourth-order valence-corrected chi connectivity index (χ4v) is 1.58. The van der Waals surface area contributed by atoms with Crippen molar-refractivity contribution in [3.05, 3.63) is 46.3 Å². The van der Waals surface area contributed by atoms with Crippen LogP contribution in [0.4, 0.5) is 0 Å². The molecule has 2 rings (SSSR count). The first kappa shape index (κ1) is 13.2. The van der Waals surface area contributed by atoms with Gasteiger partial charge in [-0.25, -0.2) is 5.43 Å². The van der Waals surface area contributed by atoms with E-state index < -0.39 is 5.91 Å². The minimum absolute atomic E-state index is 0.123. The average Bonchev–Trinajstić information content (AvgIpc) is 2.80. The summed E-state index contributed by atoms with van der Waals surface area (Å²) in [6.07, 6.45) is 1.33. The highest BCUT2D eigenvalue weighted by atomic mass is 79.9. The van der Waals surface area contributed by atoms with Crippen molar-refractivity contribution in [3.63, 3.8) is 0 Å². The molecule has 0 bridgehead atoms. The van der Waals surface area contributed by atoms with Crippen LogP contribution in [0.5, 0.6) is 11.5 Å². The Morgan fingerprint density at radius 3 is 2.68 bits per heavy atom. The summed E-state index contributed by atoms with van der Waals surface area (Å²) in [7, 11) is 0. The Morgan fingerprint density at radius 1 is 1.26 bits per heavy atom. The third kappa shape index (κ3) is 3.35. The Balaban J connectivity index is 2.00. The van der Waals surface area contributed by atoms with Gasteiger partial charge in [-0.1, -0.05) is 0 Å². The highest BCUT2D eigenvalue weighted by Gasteiger charge is 2.08. The minimum atomic E-state index is -0.495. The van der Waals surface area contributed by atoms with Gasteiger partial charge < -0.3 is 14.6 Å². The molecular weight excluding hydrogens is 316 g/mol. The molecule has 0 radical (unpaired) electrons. The van der Waals surface area contributed by atoms with E-state index >= 15 is 0 Å². The zero-order valence-corrected chi connectivity index (χ0v) is 11.1. The maximum absolute atomic E-state index is 11.5. The lowest BCUT2D eigenvalue weighted by Crippen LogP contribution is -2.16. The number of nitrogens with zero attached hydrogens (tertiary/aromatic N) is 1. The molecule has 0 aliphatic rings. The summed E-state index contributed by atoms with van der Waals surface area (Å²) in [4.78, 5) is 11.5. The summed E-state index contributed by atoms with van der Waals surface area (Å²) >= 11 is 3.08. The van der Waals surface area contributed by atoms with Gasteiger partial charge in [0.1, 0.15) is 0 Å². The van der Waals surface area contributed by atoms with Crippen LogP contribution >= 0.6 is 15.9 Å². The van der Waals surface area contributed by atoms with E-state index in [2.05, 4.69) is 26.5 Å². The Morgan fingerprint density at radius 2 is 2.05 bits per heavy atom. The van der Waals surface area contributed by atoms with Crippen molar-refractivity contribution < 1.29 is 19.4 Å². The largest absolute Gasteiger partial charge is 0.504 e. The molecule has 6 nitrogen and oxygen atoms in total. The van der Waals surface area contributed by atoms with Crippen molar-refractivity contribution in [1.29, 1.82) is 0 Å². The number of phenolic OH excluding ortho intramolecular Hbond substituents is 2. The first-order chi connectivity index (χ1) is 9.06. The number of hydrogen-bond acceptors (Lipinski definition) is 5. The number of hydrazone groups is 1. The van der Waals surface area contributed by atoms with Crippen LogP contribution in [0.15, 0.2) is 44.5 Å². The lowest BCUT2D eigenvalue weighted by atomic mass is 10.2. The SMILES string of the molecule is O=C(NN=Cc1ccc(O)c(O)c1)c1ccc(Br)o1. The molecule has 19 heavy (non-hydrogen) atoms. The summed E-state index contributed by atoms with van der Waals surface area (Å²) in [5, 5.41) is 22.1. The van der Waals surface area contributed by atoms with E-state index in [1.807, 2.05) is 0 Å². The number of carbonyl (C=O) groups excluding carboxylic acids is 1. The van der Waals surface area contributed by atoms with Crippen LogP contribution < -0.4 is 5.43 Å². The second-order valence-corrected chi connectivity index (χ2v) is 4.33. The molecule has 1 aromatic heterocycles. The number of carbonyl (C=O) groups is 1. The zero-order chi connectivity index (χ0) is 13.8. The van der Waals surface area contributed by atoms with Crippen molar-refractivity contribution in [2.75, 3.05) is 0 Å². The van der Waals surface area contributed by atoms with E-state index in [0.717, 1.165) is 0 Å². The van der Waals surface area contributed by atoms with Crippen molar-refractivity contribution in [3.8, 4) is 11.5 Å². The van der Waals surface area contributed by atoms with Gasteiger partial charge in [-0.15, -0.1) is 0 Å². The van der Waals surface area contributed by atoms with E-state index in [1.54, 1.807) is 6.07 Å². The van der Waals surface area contributed by atoms with E-state index in [-0.39, 0.29) is 17.3 Å². The van der Waals surface area contributed by atoms with Gasteiger partial charge >= 0.3 is 5.91 Å². The number of furan rings is 1. The summed E-state index contributed by atoms with van der Waals surface area (Å²) in [6.45, 7) is 0. The molecular formula is C12H9BrN2O4. The quantitative estimate of drug-likeness (QED) is 0.458. The standard InChI is InChI=1S/C12H9BrN2O4/c13-11-4-3-10(19-11)12(18)15-14-6-7-1-2-8(16)9(17)5-7/h1-6,16-17H,(H,15,18). The van der Waals surface area contributed by atoms with Crippen LogP contribution in [0.3, 0.4) is 0 Å². The Kier molecular flexibility index (Phi) is 3.86. The van der Waals surface area contributed by atoms with Crippen LogP contribution in [0.25, 0.3) is 0 Å². The molecule has 98 valence electrons. The molecule has 1 aromatic carbocycles. The summed E-state index contributed by atoms with van der Waals surface area (Å²) in [5.41, 5.74) is 2.79. The van der Waals surface area contributed by atoms with Gasteiger partial charge in [0.15, 0.2) is 21.9 Å². The lowest BCUT2D eigenvalue weighted by molar-refractivity contribution is 0.0926. The van der Waals surface area contributed by atoms with Gasteiger partial charge in [-0.2, -0.15) is 5.10 Å². The molecule has 0 atom stereocenters. The summed E-state index contributed by atoms with van der Waals surface area (Å²) < 4.78 is 5.49. The molecule has 3 N–H and O–H groups in total. The van der Waals surface area contributed by atoms with Gasteiger partial charge in [0.2, 0.25) is 0 Å². The van der Waals surface area contributed by atoms with Gasteiger partial charge in [-0.05, 0) is 51.8 Å². The molecule has 0 unspecified atom stereocenters. The first-order valence-corrected chi connectivity index (χ1v) is 5.96. The second-order valence-electron chi connectivity index (χ2n) is 3.55. The monoisotopic (exact) mass is 324 g/mol. The minimum Gasteiger partial charge on any atom is -0.504 e. The molecule has 0 aliphatic carbocycles. The van der Waals surface area contributed by atoms with Crippen molar-refractivity contribution >= 4 is 28.1 Å². The van der Waals surface area contributed by atoms with Crippen molar-refractivity contribution in [1.82, 2.24) is 5.43 Å². The van der Waals surface area contributed by atoms with Crippen LogP contribution in [0.1, 0.15) is 16.1 Å². The normalized spacial score (nSPS) is 10.8. The molecule has 2 aromatic rings. The molecule has 1 heterocycles. The third-order valence-electron chi connectivity index (χ3n) is 2.18. The van der Waals surface area contributed by atoms with E-state index in [4.69, 9.17) is 9.52 Å². The molecule has 0 spiro atoms. The van der Waals surface area contributed by atoms with Crippen molar-refractivity contribution in [2.24, 2.45) is 5.10 Å². The second kappa shape index (κ2) is 5.57. The molecule has 0 saturated heterocycles. The maximum atomic E-state index is 11.5. The van der Waals surface area contributed by atoms with Gasteiger partial charge in [0.05, 0.1) is 6.21 Å². The van der Waals surface area contributed by atoms with Crippen molar-refractivity contribution in [2.45, 2.75) is 0 Å². The van der Waals surface area contributed by atoms with E-state index in [1.165, 1.54) is 30.5 Å². The van der Waals surface area contributed by atoms with E-state index in [0.29, 0.717) is 10.2 Å². The number of halogens is 1. The molecule has 1 amide bonds. The van der Waals surface area contributed by atoms with Gasteiger partial charge in [0, 0.05) is 0 Å². The number of amides is 1. The van der Waals surface area contributed by atoms with Crippen LogP contribution in [-0.2, 0) is 0 Å². The third-order valence-corrected chi connectivity index (χ3v) is 2.60. The van der Waals surface area contributed by atoms with Gasteiger partial charge in [-0.3, -0.25) is 4.79 Å². The highest BCUT2D eigenvalue weighted by Crippen LogP contribution is 2.23. The van der Waals surface area contributed by atoms with E-state index in [9.17, 15) is 9.90 Å². The maximum Gasteiger partial charge on any atom is 0.307 e. The Bertz CT molecular complexity index is 636. The number of hydrogen-bond donors (Lipinski definition) is 3. The molecule has 0 aliphatic heterocycles. The highest BCUT2D eigenvalue weighted by molar-refractivity contribution is 9.10. The fraction of sp³-hybridized carbons (Fsp3) is 0. The lowest BCUT2D eigenvalue weighted by Gasteiger charge is -1.98. The summed E-state index contributed by atoms with van der Waals surface area (Å²) in [5.74, 6) is -0.852. The molecule has 0 fully saturated rings. The number of rotatable bonds is 3. The number of aromatic hydroxyl groups is 2. The van der Waals surface area contributed by atoms with Crippen LogP contribution in [-0.4, -0.2) is 22.3 Å². The molecule has 0 saturated carbocycles. The number of phenols is 2. The molecule has 7 heteroatoms.